The van der Waals surface area contributed by atoms with E-state index >= 15 is 0 Å². The molecule has 29 heavy (non-hydrogen) atoms. The highest BCUT2D eigenvalue weighted by Crippen LogP contribution is 2.30. The van der Waals surface area contributed by atoms with Gasteiger partial charge in [-0.25, -0.2) is 0 Å². The number of amides is 1. The van der Waals surface area contributed by atoms with Gasteiger partial charge in [0.05, 0.1) is 0 Å². The minimum Gasteiger partial charge on any atom is -0.481 e. The number of benzene rings is 2. The topological polar surface area (TPSA) is 32.8 Å². The predicted molar refractivity (Wildman–Crippen MR) is 118 cm³/mol. The Kier molecular flexibility index (Phi) is 6.00. The molecule has 1 atom stereocenters. The molecule has 0 N–H and O–H groups in total. The Hall–Kier alpha value is -2.20. The van der Waals surface area contributed by atoms with Crippen LogP contribution in [0, 0.1) is 6.92 Å². The van der Waals surface area contributed by atoms with Crippen LogP contribution in [0.3, 0.4) is 0 Å². The van der Waals surface area contributed by atoms with Gasteiger partial charge in [-0.1, -0.05) is 29.8 Å². The summed E-state index contributed by atoms with van der Waals surface area (Å²) in [5, 5.41) is 0.748. The molecule has 0 aromatic heterocycles. The molecular formula is C24H29ClN2O2. The molecule has 4 nitrogen and oxygen atoms in total. The molecule has 0 spiro atoms. The lowest BCUT2D eigenvalue weighted by molar-refractivity contribution is -0.138. The predicted octanol–water partition coefficient (Wildman–Crippen LogP) is 4.64. The summed E-state index contributed by atoms with van der Waals surface area (Å²) in [5.41, 5.74) is 5.03. The molecule has 1 heterocycles. The van der Waals surface area contributed by atoms with Crippen molar-refractivity contribution in [2.24, 2.45) is 0 Å². The monoisotopic (exact) mass is 412 g/mol. The van der Waals surface area contributed by atoms with Crippen LogP contribution in [-0.2, 0) is 17.6 Å². The highest BCUT2D eigenvalue weighted by atomic mass is 35.5. The Morgan fingerprint density at radius 2 is 1.83 bits per heavy atom. The number of halogens is 1. The summed E-state index contributed by atoms with van der Waals surface area (Å²) in [6, 6.07) is 12.2. The molecule has 0 radical (unpaired) electrons. The van der Waals surface area contributed by atoms with Crippen molar-refractivity contribution < 1.29 is 9.53 Å². The fraction of sp³-hybridized carbons (Fsp3) is 0.458. The number of aryl methyl sites for hydroxylation is 2. The lowest BCUT2D eigenvalue weighted by atomic mass is 9.91. The first-order chi connectivity index (χ1) is 14.0. The molecule has 5 heteroatoms. The van der Waals surface area contributed by atoms with Gasteiger partial charge >= 0.3 is 0 Å². The molecule has 1 aliphatic carbocycles. The van der Waals surface area contributed by atoms with Crippen LogP contribution in [-0.4, -0.2) is 43.1 Å². The van der Waals surface area contributed by atoms with E-state index in [0.717, 1.165) is 42.4 Å². The van der Waals surface area contributed by atoms with Crippen molar-refractivity contribution in [1.29, 1.82) is 0 Å². The molecule has 1 fully saturated rings. The van der Waals surface area contributed by atoms with E-state index in [1.807, 2.05) is 42.2 Å². The number of carbonyl (C=O) groups is 1. The zero-order valence-electron chi connectivity index (χ0n) is 17.3. The quantitative estimate of drug-likeness (QED) is 0.733. The van der Waals surface area contributed by atoms with Crippen molar-refractivity contribution in [2.45, 2.75) is 45.6 Å². The van der Waals surface area contributed by atoms with Gasteiger partial charge < -0.3 is 14.5 Å². The summed E-state index contributed by atoms with van der Waals surface area (Å²) in [6.45, 7) is 6.98. The van der Waals surface area contributed by atoms with Gasteiger partial charge in [0.1, 0.15) is 5.75 Å². The Morgan fingerprint density at radius 1 is 1.07 bits per heavy atom. The van der Waals surface area contributed by atoms with Gasteiger partial charge in [-0.05, 0) is 74.4 Å². The molecule has 1 aliphatic heterocycles. The van der Waals surface area contributed by atoms with Crippen molar-refractivity contribution in [3.05, 3.63) is 58.1 Å². The van der Waals surface area contributed by atoms with Crippen LogP contribution < -0.4 is 9.64 Å². The molecule has 0 unspecified atom stereocenters. The molecule has 1 amide bonds. The summed E-state index contributed by atoms with van der Waals surface area (Å²) in [5.74, 6) is 0.956. The number of piperazine rings is 1. The van der Waals surface area contributed by atoms with Gasteiger partial charge in [-0.2, -0.15) is 0 Å². The van der Waals surface area contributed by atoms with Gasteiger partial charge in [0.25, 0.3) is 5.91 Å². The van der Waals surface area contributed by atoms with E-state index in [1.54, 1.807) is 0 Å². The Balaban J connectivity index is 1.38. The lowest BCUT2D eigenvalue weighted by Crippen LogP contribution is -2.52. The molecule has 4 rings (SSSR count). The maximum atomic E-state index is 13.0. The molecule has 0 saturated carbocycles. The van der Waals surface area contributed by atoms with Crippen LogP contribution in [0.5, 0.6) is 5.75 Å². The molecule has 0 bridgehead atoms. The average molecular weight is 413 g/mol. The average Bonchev–Trinajstić information content (AvgIpc) is 2.75. The van der Waals surface area contributed by atoms with Crippen molar-refractivity contribution >= 4 is 23.2 Å². The molecular weight excluding hydrogens is 384 g/mol. The van der Waals surface area contributed by atoms with Crippen molar-refractivity contribution in [1.82, 2.24) is 4.90 Å². The van der Waals surface area contributed by atoms with Crippen molar-refractivity contribution in [2.75, 3.05) is 31.1 Å². The third kappa shape index (κ3) is 4.37. The number of hydrogen-bond acceptors (Lipinski definition) is 3. The number of fused-ring (bicyclic) bond motifs is 1. The number of ether oxygens (including phenoxy) is 1. The minimum atomic E-state index is -0.470. The largest absolute Gasteiger partial charge is 0.481 e. The second-order valence-corrected chi connectivity index (χ2v) is 8.54. The summed E-state index contributed by atoms with van der Waals surface area (Å²) < 4.78 is 6.15. The SMILES string of the molecule is Cc1ccc(Cl)cc1N1CCN(C(=O)[C@H](C)Oc2cccc3c2CCCC3)CC1. The molecule has 2 aliphatic rings. The fourth-order valence-corrected chi connectivity index (χ4v) is 4.61. The summed E-state index contributed by atoms with van der Waals surface area (Å²) in [7, 11) is 0. The third-order valence-corrected chi connectivity index (χ3v) is 6.34. The Bertz CT molecular complexity index is 890. The highest BCUT2D eigenvalue weighted by Gasteiger charge is 2.27. The molecule has 1 saturated heterocycles. The molecule has 2 aromatic rings. The minimum absolute atomic E-state index is 0.0703. The Labute approximate surface area is 178 Å². The van der Waals surface area contributed by atoms with E-state index in [-0.39, 0.29) is 5.91 Å². The van der Waals surface area contributed by atoms with Gasteiger partial charge in [-0.15, -0.1) is 0 Å². The van der Waals surface area contributed by atoms with Crippen molar-refractivity contribution in [3.8, 4) is 5.75 Å². The van der Waals surface area contributed by atoms with Crippen LogP contribution in [0.1, 0.15) is 36.5 Å². The number of rotatable bonds is 4. The summed E-state index contributed by atoms with van der Waals surface area (Å²) in [4.78, 5) is 17.2. The first kappa shape index (κ1) is 20.1. The number of nitrogens with zero attached hydrogens (tertiary/aromatic N) is 2. The van der Waals surface area contributed by atoms with Crippen LogP contribution >= 0.6 is 11.6 Å². The zero-order valence-corrected chi connectivity index (χ0v) is 18.0. The number of carbonyl (C=O) groups excluding carboxylic acids is 1. The van der Waals surface area contributed by atoms with Gasteiger partial charge in [-0.3, -0.25) is 4.79 Å². The van der Waals surface area contributed by atoms with Gasteiger partial charge in [0.15, 0.2) is 6.10 Å². The van der Waals surface area contributed by atoms with E-state index in [0.29, 0.717) is 13.1 Å². The molecule has 154 valence electrons. The standard InChI is InChI=1S/C24H29ClN2O2/c1-17-10-11-20(25)16-22(17)26-12-14-27(15-13-26)24(28)18(2)29-23-9-5-7-19-6-3-4-8-21(19)23/h5,7,9-11,16,18H,3-4,6,8,12-15H2,1-2H3/t18-/m0/s1. The summed E-state index contributed by atoms with van der Waals surface area (Å²) in [6.07, 6.45) is 4.12. The van der Waals surface area contributed by atoms with Crippen LogP contribution in [0.15, 0.2) is 36.4 Å². The first-order valence-electron chi connectivity index (χ1n) is 10.6. The van der Waals surface area contributed by atoms with Gasteiger partial charge in [0.2, 0.25) is 0 Å². The van der Waals surface area contributed by atoms with E-state index in [1.165, 1.54) is 29.5 Å². The normalized spacial score (nSPS) is 17.6. The van der Waals surface area contributed by atoms with Gasteiger partial charge in [0, 0.05) is 36.9 Å². The van der Waals surface area contributed by atoms with E-state index in [2.05, 4.69) is 17.9 Å². The van der Waals surface area contributed by atoms with E-state index in [4.69, 9.17) is 16.3 Å². The van der Waals surface area contributed by atoms with E-state index < -0.39 is 6.10 Å². The second-order valence-electron chi connectivity index (χ2n) is 8.10. The number of anilines is 1. The van der Waals surface area contributed by atoms with Crippen LogP contribution in [0.2, 0.25) is 5.02 Å². The Morgan fingerprint density at radius 3 is 2.62 bits per heavy atom. The fourth-order valence-electron chi connectivity index (χ4n) is 4.45. The maximum absolute atomic E-state index is 13.0. The lowest BCUT2D eigenvalue weighted by Gasteiger charge is -2.37. The third-order valence-electron chi connectivity index (χ3n) is 6.11. The maximum Gasteiger partial charge on any atom is 0.263 e. The number of hydrogen-bond donors (Lipinski definition) is 0. The summed E-state index contributed by atoms with van der Waals surface area (Å²) >= 11 is 6.18. The van der Waals surface area contributed by atoms with E-state index in [9.17, 15) is 4.79 Å². The smallest absolute Gasteiger partial charge is 0.263 e. The first-order valence-corrected chi connectivity index (χ1v) is 11.0. The highest BCUT2D eigenvalue weighted by molar-refractivity contribution is 6.30. The second kappa shape index (κ2) is 8.66. The van der Waals surface area contributed by atoms with Crippen molar-refractivity contribution in [3.63, 3.8) is 0 Å². The zero-order chi connectivity index (χ0) is 20.4. The molecule has 2 aromatic carbocycles. The van der Waals surface area contributed by atoms with Crippen LogP contribution in [0.25, 0.3) is 0 Å². The van der Waals surface area contributed by atoms with Crippen LogP contribution in [0.4, 0.5) is 5.69 Å².